The largest absolute Gasteiger partial charge is 0.385 e. The van der Waals surface area contributed by atoms with E-state index in [9.17, 15) is 4.79 Å². The van der Waals surface area contributed by atoms with Crippen molar-refractivity contribution in [1.29, 1.82) is 0 Å². The van der Waals surface area contributed by atoms with Gasteiger partial charge in [0.2, 0.25) is 5.91 Å². The van der Waals surface area contributed by atoms with Crippen LogP contribution in [0.2, 0.25) is 0 Å². The second-order valence-corrected chi connectivity index (χ2v) is 5.32. The molecule has 0 aromatic heterocycles. The first-order chi connectivity index (χ1) is 8.16. The molecule has 0 unspecified atom stereocenters. The molecule has 1 rings (SSSR count). The summed E-state index contributed by atoms with van der Waals surface area (Å²) in [4.78, 5) is 11.5. The molecular formula is C13H26N2O2. The van der Waals surface area contributed by atoms with Crippen LogP contribution in [0, 0.1) is 5.41 Å². The molecule has 0 aromatic rings. The lowest BCUT2D eigenvalue weighted by Crippen LogP contribution is -2.38. The van der Waals surface area contributed by atoms with Crippen molar-refractivity contribution < 1.29 is 9.53 Å². The number of ether oxygens (including phenoxy) is 1. The van der Waals surface area contributed by atoms with E-state index in [1.165, 1.54) is 25.7 Å². The van der Waals surface area contributed by atoms with E-state index in [-0.39, 0.29) is 5.91 Å². The van der Waals surface area contributed by atoms with Gasteiger partial charge in [-0.25, -0.2) is 0 Å². The molecule has 0 aromatic carbocycles. The van der Waals surface area contributed by atoms with Crippen molar-refractivity contribution in [2.45, 2.75) is 39.0 Å². The van der Waals surface area contributed by atoms with Gasteiger partial charge in [-0.1, -0.05) is 19.8 Å². The third kappa shape index (κ3) is 6.03. The van der Waals surface area contributed by atoms with Crippen LogP contribution in [-0.2, 0) is 9.53 Å². The van der Waals surface area contributed by atoms with Crippen molar-refractivity contribution >= 4 is 5.91 Å². The van der Waals surface area contributed by atoms with Crippen LogP contribution in [-0.4, -0.2) is 39.3 Å². The third-order valence-corrected chi connectivity index (χ3v) is 3.50. The van der Waals surface area contributed by atoms with Gasteiger partial charge in [0.25, 0.3) is 0 Å². The van der Waals surface area contributed by atoms with E-state index in [0.717, 1.165) is 13.0 Å². The quantitative estimate of drug-likeness (QED) is 0.631. The zero-order chi connectivity index (χ0) is 12.6. The topological polar surface area (TPSA) is 50.4 Å². The van der Waals surface area contributed by atoms with Crippen molar-refractivity contribution in [3.05, 3.63) is 0 Å². The zero-order valence-electron chi connectivity index (χ0n) is 11.2. The number of carbonyl (C=O) groups is 1. The van der Waals surface area contributed by atoms with Gasteiger partial charge in [0, 0.05) is 26.8 Å². The Morgan fingerprint density at radius 2 is 2.06 bits per heavy atom. The molecule has 0 saturated heterocycles. The summed E-state index contributed by atoms with van der Waals surface area (Å²) in [7, 11) is 1.67. The van der Waals surface area contributed by atoms with Crippen LogP contribution >= 0.6 is 0 Å². The molecule has 0 spiro atoms. The fourth-order valence-corrected chi connectivity index (χ4v) is 2.39. The van der Waals surface area contributed by atoms with E-state index in [0.29, 0.717) is 25.1 Å². The number of hydrogen-bond donors (Lipinski definition) is 2. The molecule has 0 aliphatic heterocycles. The summed E-state index contributed by atoms with van der Waals surface area (Å²) >= 11 is 0. The number of methoxy groups -OCH3 is 1. The highest BCUT2D eigenvalue weighted by Gasteiger charge is 2.27. The molecule has 0 radical (unpaired) electrons. The minimum atomic E-state index is 0.0858. The number of nitrogens with one attached hydrogen (secondary N) is 2. The fourth-order valence-electron chi connectivity index (χ4n) is 2.39. The first kappa shape index (κ1) is 14.5. The summed E-state index contributed by atoms with van der Waals surface area (Å²) in [5.41, 5.74) is 0.413. The smallest absolute Gasteiger partial charge is 0.233 e. The number of amides is 1. The van der Waals surface area contributed by atoms with Crippen molar-refractivity contribution in [3.63, 3.8) is 0 Å². The molecule has 0 heterocycles. The summed E-state index contributed by atoms with van der Waals surface area (Å²) in [5.74, 6) is 0.0858. The summed E-state index contributed by atoms with van der Waals surface area (Å²) in [6.07, 6.45) is 6.12. The minimum absolute atomic E-state index is 0.0858. The Morgan fingerprint density at radius 3 is 2.71 bits per heavy atom. The maximum atomic E-state index is 11.5. The first-order valence-corrected chi connectivity index (χ1v) is 6.63. The Morgan fingerprint density at radius 1 is 1.35 bits per heavy atom. The molecule has 1 saturated carbocycles. The molecule has 1 aliphatic carbocycles. The Bertz CT molecular complexity index is 225. The van der Waals surface area contributed by atoms with Crippen molar-refractivity contribution in [3.8, 4) is 0 Å². The lowest BCUT2D eigenvalue weighted by molar-refractivity contribution is -0.120. The Labute approximate surface area is 104 Å². The maximum Gasteiger partial charge on any atom is 0.233 e. The van der Waals surface area contributed by atoms with Crippen LogP contribution in [0.1, 0.15) is 39.0 Å². The predicted molar refractivity (Wildman–Crippen MR) is 68.9 cm³/mol. The lowest BCUT2D eigenvalue weighted by atomic mass is 9.89. The van der Waals surface area contributed by atoms with Gasteiger partial charge in [0.05, 0.1) is 6.54 Å². The highest BCUT2D eigenvalue weighted by atomic mass is 16.5. The Hall–Kier alpha value is -0.610. The summed E-state index contributed by atoms with van der Waals surface area (Å²) in [5, 5.41) is 6.14. The van der Waals surface area contributed by atoms with Crippen molar-refractivity contribution in [1.82, 2.24) is 10.6 Å². The van der Waals surface area contributed by atoms with Crippen LogP contribution in [0.5, 0.6) is 0 Å². The molecular weight excluding hydrogens is 216 g/mol. The van der Waals surface area contributed by atoms with Crippen molar-refractivity contribution in [2.24, 2.45) is 5.41 Å². The second kappa shape index (κ2) is 7.67. The average Bonchev–Trinajstić information content (AvgIpc) is 2.72. The normalized spacial score (nSPS) is 18.2. The van der Waals surface area contributed by atoms with Crippen LogP contribution in [0.4, 0.5) is 0 Å². The van der Waals surface area contributed by atoms with Gasteiger partial charge in [-0.3, -0.25) is 4.79 Å². The Kier molecular flexibility index (Phi) is 6.52. The van der Waals surface area contributed by atoms with Gasteiger partial charge in [0.1, 0.15) is 0 Å². The van der Waals surface area contributed by atoms with Gasteiger partial charge in [-0.15, -0.1) is 0 Å². The number of rotatable bonds is 8. The summed E-state index contributed by atoms with van der Waals surface area (Å²) < 4.78 is 4.92. The standard InChI is InChI=1S/C13H26N2O2/c1-13(6-3-4-7-13)11-14-10-12(16)15-8-5-9-17-2/h14H,3-11H2,1-2H3,(H,15,16). The lowest BCUT2D eigenvalue weighted by Gasteiger charge is -2.23. The molecule has 1 fully saturated rings. The predicted octanol–water partition coefficient (Wildman–Crippen LogP) is 1.31. The monoisotopic (exact) mass is 242 g/mol. The first-order valence-electron chi connectivity index (χ1n) is 6.63. The molecule has 1 aliphatic rings. The van der Waals surface area contributed by atoms with Gasteiger partial charge in [-0.2, -0.15) is 0 Å². The molecule has 0 bridgehead atoms. The van der Waals surface area contributed by atoms with Gasteiger partial charge in [-0.05, 0) is 24.7 Å². The maximum absolute atomic E-state index is 11.5. The van der Waals surface area contributed by atoms with E-state index < -0.39 is 0 Å². The van der Waals surface area contributed by atoms with Crippen molar-refractivity contribution in [2.75, 3.05) is 33.4 Å². The molecule has 2 N–H and O–H groups in total. The van der Waals surface area contributed by atoms with Gasteiger partial charge >= 0.3 is 0 Å². The van der Waals surface area contributed by atoms with Gasteiger partial charge in [0.15, 0.2) is 0 Å². The molecule has 4 heteroatoms. The van der Waals surface area contributed by atoms with Crippen LogP contribution in [0.3, 0.4) is 0 Å². The number of hydrogen-bond acceptors (Lipinski definition) is 3. The Balaban J connectivity index is 2.00. The molecule has 1 amide bonds. The van der Waals surface area contributed by atoms with E-state index in [4.69, 9.17) is 4.74 Å². The van der Waals surface area contributed by atoms with E-state index in [2.05, 4.69) is 17.6 Å². The molecule has 17 heavy (non-hydrogen) atoms. The van der Waals surface area contributed by atoms with E-state index in [1.807, 2.05) is 0 Å². The molecule has 4 nitrogen and oxygen atoms in total. The summed E-state index contributed by atoms with van der Waals surface area (Å²) in [6, 6.07) is 0. The molecule has 0 atom stereocenters. The van der Waals surface area contributed by atoms with E-state index >= 15 is 0 Å². The number of carbonyl (C=O) groups excluding carboxylic acids is 1. The average molecular weight is 242 g/mol. The third-order valence-electron chi connectivity index (χ3n) is 3.50. The molecule has 100 valence electrons. The highest BCUT2D eigenvalue weighted by Crippen LogP contribution is 2.36. The minimum Gasteiger partial charge on any atom is -0.385 e. The van der Waals surface area contributed by atoms with Crippen LogP contribution in [0.25, 0.3) is 0 Å². The SMILES string of the molecule is COCCCNC(=O)CNCC1(C)CCCC1. The zero-order valence-corrected chi connectivity index (χ0v) is 11.2. The van der Waals surface area contributed by atoms with Crippen LogP contribution < -0.4 is 10.6 Å². The van der Waals surface area contributed by atoms with Gasteiger partial charge < -0.3 is 15.4 Å². The highest BCUT2D eigenvalue weighted by molar-refractivity contribution is 5.77. The second-order valence-electron chi connectivity index (χ2n) is 5.32. The van der Waals surface area contributed by atoms with Crippen LogP contribution in [0.15, 0.2) is 0 Å². The summed E-state index contributed by atoms with van der Waals surface area (Å²) in [6.45, 7) is 5.10. The van der Waals surface area contributed by atoms with E-state index in [1.54, 1.807) is 7.11 Å². The fraction of sp³-hybridized carbons (Fsp3) is 0.923.